The van der Waals surface area contributed by atoms with Gasteiger partial charge in [0, 0.05) is 33.3 Å². The number of rotatable bonds is 5. The molecule has 0 aromatic rings. The zero-order valence-electron chi connectivity index (χ0n) is 11.9. The second-order valence-electron chi connectivity index (χ2n) is 5.03. The molecule has 2 fully saturated rings. The van der Waals surface area contributed by atoms with Gasteiger partial charge in [-0.1, -0.05) is 0 Å². The lowest BCUT2D eigenvalue weighted by atomic mass is 10.3. The maximum atomic E-state index is 5.67. The molecular formula is C13H26IN3O2. The minimum atomic E-state index is 0. The van der Waals surface area contributed by atoms with Crippen molar-refractivity contribution in [2.75, 3.05) is 46.5 Å². The van der Waals surface area contributed by atoms with Crippen LogP contribution in [-0.4, -0.2) is 63.5 Å². The summed E-state index contributed by atoms with van der Waals surface area (Å²) in [5.74, 6) is 1.86. The van der Waals surface area contributed by atoms with Gasteiger partial charge in [-0.25, -0.2) is 0 Å². The van der Waals surface area contributed by atoms with E-state index < -0.39 is 0 Å². The third kappa shape index (κ3) is 5.83. The molecule has 2 aliphatic rings. The maximum absolute atomic E-state index is 5.67. The molecule has 0 aromatic carbocycles. The predicted molar refractivity (Wildman–Crippen MR) is 87.3 cm³/mol. The van der Waals surface area contributed by atoms with Crippen LogP contribution in [-0.2, 0) is 9.47 Å². The third-order valence-electron chi connectivity index (χ3n) is 3.32. The second kappa shape index (κ2) is 8.97. The topological polar surface area (TPSA) is 46.1 Å². The highest BCUT2D eigenvalue weighted by Crippen LogP contribution is 2.28. The zero-order valence-corrected chi connectivity index (χ0v) is 14.3. The van der Waals surface area contributed by atoms with E-state index in [4.69, 9.17) is 14.5 Å². The van der Waals surface area contributed by atoms with E-state index in [1.165, 1.54) is 12.8 Å². The summed E-state index contributed by atoms with van der Waals surface area (Å²) in [6, 6.07) is 0. The number of ether oxygens (including phenoxy) is 2. The van der Waals surface area contributed by atoms with Gasteiger partial charge in [0.25, 0.3) is 0 Å². The number of hydrogen-bond donors (Lipinski definition) is 1. The summed E-state index contributed by atoms with van der Waals surface area (Å²) >= 11 is 0. The Balaban J connectivity index is 0.00000180. The average Bonchev–Trinajstić information content (AvgIpc) is 3.19. The highest BCUT2D eigenvalue weighted by atomic mass is 127. The molecule has 1 N–H and O–H groups in total. The van der Waals surface area contributed by atoms with E-state index in [1.54, 1.807) is 7.11 Å². The Hall–Kier alpha value is -0.0800. The van der Waals surface area contributed by atoms with Gasteiger partial charge in [-0.05, 0) is 25.7 Å². The number of morpholine rings is 1. The van der Waals surface area contributed by atoms with Crippen molar-refractivity contribution in [1.82, 2.24) is 10.2 Å². The molecule has 1 aliphatic carbocycles. The fraction of sp³-hybridized carbons (Fsp3) is 0.923. The Bertz CT molecular complexity index is 283. The van der Waals surface area contributed by atoms with Gasteiger partial charge in [0.05, 0.1) is 19.3 Å². The fourth-order valence-corrected chi connectivity index (χ4v) is 2.14. The Morgan fingerprint density at radius 1 is 1.47 bits per heavy atom. The summed E-state index contributed by atoms with van der Waals surface area (Å²) in [6.45, 7) is 7.17. The molecule has 1 saturated carbocycles. The summed E-state index contributed by atoms with van der Waals surface area (Å²) in [4.78, 5) is 7.02. The first-order valence-corrected chi connectivity index (χ1v) is 6.97. The largest absolute Gasteiger partial charge is 0.382 e. The minimum Gasteiger partial charge on any atom is -0.382 e. The van der Waals surface area contributed by atoms with Crippen molar-refractivity contribution < 1.29 is 9.47 Å². The first-order chi connectivity index (χ1) is 8.83. The molecule has 1 saturated heterocycles. The van der Waals surface area contributed by atoms with E-state index >= 15 is 0 Å². The number of nitrogens with one attached hydrogen (secondary N) is 1. The van der Waals surface area contributed by atoms with E-state index in [2.05, 4.69) is 17.1 Å². The van der Waals surface area contributed by atoms with Gasteiger partial charge < -0.3 is 19.7 Å². The van der Waals surface area contributed by atoms with Crippen LogP contribution < -0.4 is 5.32 Å². The maximum Gasteiger partial charge on any atom is 0.194 e. The van der Waals surface area contributed by atoms with Crippen molar-refractivity contribution in [3.05, 3.63) is 0 Å². The number of nitrogens with zero attached hydrogens (tertiary/aromatic N) is 2. The van der Waals surface area contributed by atoms with Crippen molar-refractivity contribution in [3.8, 4) is 0 Å². The molecule has 0 bridgehead atoms. The zero-order chi connectivity index (χ0) is 12.8. The molecule has 1 aliphatic heterocycles. The minimum absolute atomic E-state index is 0. The standard InChI is InChI=1S/C13H25N3O2.HI/c1-3-14-13(15-8-11-4-5-11)16-6-7-18-12(9-16)10-17-2;/h11-12H,3-10H2,1-2H3,(H,14,15);1H. The molecule has 2 rings (SSSR count). The lowest BCUT2D eigenvalue weighted by molar-refractivity contribution is -0.0447. The number of hydrogen-bond acceptors (Lipinski definition) is 3. The lowest BCUT2D eigenvalue weighted by Crippen LogP contribution is -2.51. The van der Waals surface area contributed by atoms with E-state index in [0.29, 0.717) is 6.61 Å². The SMILES string of the molecule is CCNC(=NCC1CC1)N1CCOC(COC)C1.I. The molecule has 0 aromatic heterocycles. The Labute approximate surface area is 133 Å². The Morgan fingerprint density at radius 3 is 2.89 bits per heavy atom. The highest BCUT2D eigenvalue weighted by molar-refractivity contribution is 14.0. The van der Waals surface area contributed by atoms with Crippen LogP contribution in [0.25, 0.3) is 0 Å². The average molecular weight is 383 g/mol. The van der Waals surface area contributed by atoms with Crippen molar-refractivity contribution in [3.63, 3.8) is 0 Å². The van der Waals surface area contributed by atoms with Gasteiger partial charge in [-0.15, -0.1) is 24.0 Å². The van der Waals surface area contributed by atoms with E-state index in [9.17, 15) is 0 Å². The summed E-state index contributed by atoms with van der Waals surface area (Å²) in [5, 5.41) is 3.38. The predicted octanol–water partition coefficient (Wildman–Crippen LogP) is 1.33. The molecule has 0 amide bonds. The van der Waals surface area contributed by atoms with Crippen LogP contribution in [0.1, 0.15) is 19.8 Å². The van der Waals surface area contributed by atoms with Gasteiger partial charge in [0.15, 0.2) is 5.96 Å². The third-order valence-corrected chi connectivity index (χ3v) is 3.32. The van der Waals surface area contributed by atoms with Crippen molar-refractivity contribution in [2.24, 2.45) is 10.9 Å². The number of methoxy groups -OCH3 is 1. The van der Waals surface area contributed by atoms with Crippen LogP contribution in [0.4, 0.5) is 0 Å². The summed E-state index contributed by atoms with van der Waals surface area (Å²) < 4.78 is 10.8. The molecule has 1 heterocycles. The van der Waals surface area contributed by atoms with Gasteiger partial charge in [-0.3, -0.25) is 4.99 Å². The normalized spacial score (nSPS) is 24.0. The van der Waals surface area contributed by atoms with E-state index in [0.717, 1.165) is 44.7 Å². The summed E-state index contributed by atoms with van der Waals surface area (Å²) in [7, 11) is 1.72. The molecule has 0 radical (unpaired) electrons. The molecule has 5 nitrogen and oxygen atoms in total. The van der Waals surface area contributed by atoms with Crippen LogP contribution in [0, 0.1) is 5.92 Å². The van der Waals surface area contributed by atoms with E-state index in [1.807, 2.05) is 0 Å². The van der Waals surface area contributed by atoms with Gasteiger partial charge in [0.2, 0.25) is 0 Å². The quantitative estimate of drug-likeness (QED) is 0.442. The van der Waals surface area contributed by atoms with Crippen LogP contribution in [0.5, 0.6) is 0 Å². The van der Waals surface area contributed by atoms with Crippen LogP contribution in [0.2, 0.25) is 0 Å². The number of aliphatic imine (C=N–C) groups is 1. The first-order valence-electron chi connectivity index (χ1n) is 6.97. The number of guanidine groups is 1. The van der Waals surface area contributed by atoms with E-state index in [-0.39, 0.29) is 30.1 Å². The van der Waals surface area contributed by atoms with Crippen LogP contribution >= 0.6 is 24.0 Å². The summed E-state index contributed by atoms with van der Waals surface area (Å²) in [5.41, 5.74) is 0. The van der Waals surface area contributed by atoms with Crippen molar-refractivity contribution in [2.45, 2.75) is 25.9 Å². The fourth-order valence-electron chi connectivity index (χ4n) is 2.14. The molecule has 19 heavy (non-hydrogen) atoms. The Kier molecular flexibility index (Phi) is 8.01. The van der Waals surface area contributed by atoms with Crippen LogP contribution in [0.15, 0.2) is 4.99 Å². The highest BCUT2D eigenvalue weighted by Gasteiger charge is 2.24. The molecule has 0 spiro atoms. The van der Waals surface area contributed by atoms with Gasteiger partial charge in [-0.2, -0.15) is 0 Å². The molecule has 112 valence electrons. The second-order valence-corrected chi connectivity index (χ2v) is 5.03. The van der Waals surface area contributed by atoms with Gasteiger partial charge in [0.1, 0.15) is 0 Å². The van der Waals surface area contributed by atoms with Crippen LogP contribution in [0.3, 0.4) is 0 Å². The first kappa shape index (κ1) is 17.0. The Morgan fingerprint density at radius 2 is 2.26 bits per heavy atom. The van der Waals surface area contributed by atoms with Crippen molar-refractivity contribution in [1.29, 1.82) is 0 Å². The number of halogens is 1. The molecular weight excluding hydrogens is 357 g/mol. The lowest BCUT2D eigenvalue weighted by Gasteiger charge is -2.34. The van der Waals surface area contributed by atoms with Gasteiger partial charge >= 0.3 is 0 Å². The van der Waals surface area contributed by atoms with Crippen molar-refractivity contribution >= 4 is 29.9 Å². The summed E-state index contributed by atoms with van der Waals surface area (Å²) in [6.07, 6.45) is 2.85. The monoisotopic (exact) mass is 383 g/mol. The smallest absolute Gasteiger partial charge is 0.194 e. The molecule has 6 heteroatoms. The molecule has 1 unspecified atom stereocenters. The molecule has 1 atom stereocenters.